The average Bonchev–Trinajstić information content (AvgIpc) is 3.30. The molecule has 178 valence electrons. The molecule has 5 aliphatic rings. The largest absolute Gasteiger partial charge is 0.486 e. The van der Waals surface area contributed by atoms with E-state index in [1.54, 1.807) is 6.07 Å². The van der Waals surface area contributed by atoms with Crippen LogP contribution in [0.2, 0.25) is 0 Å². The highest BCUT2D eigenvalue weighted by atomic mass is 32.1. The van der Waals surface area contributed by atoms with Crippen molar-refractivity contribution in [1.29, 1.82) is 0 Å². The number of nitrogens with zero attached hydrogens (tertiary/aromatic N) is 1. The topological polar surface area (TPSA) is 105 Å². The maximum absolute atomic E-state index is 13.0. The summed E-state index contributed by atoms with van der Waals surface area (Å²) in [5.74, 6) is 0.628. The summed E-state index contributed by atoms with van der Waals surface area (Å²) in [4.78, 5) is 28.5. The molecule has 3 fully saturated rings. The van der Waals surface area contributed by atoms with Gasteiger partial charge in [-0.1, -0.05) is 12.1 Å². The van der Waals surface area contributed by atoms with Crippen LogP contribution in [-0.2, 0) is 11.8 Å². The molecule has 3 aliphatic carbocycles. The van der Waals surface area contributed by atoms with Crippen molar-refractivity contribution in [3.05, 3.63) is 51.2 Å². The maximum Gasteiger partial charge on any atom is 0.261 e. The van der Waals surface area contributed by atoms with Gasteiger partial charge in [-0.2, -0.15) is 0 Å². The van der Waals surface area contributed by atoms with Gasteiger partial charge in [-0.25, -0.2) is 0 Å². The van der Waals surface area contributed by atoms with Gasteiger partial charge in [-0.05, 0) is 74.1 Å². The van der Waals surface area contributed by atoms with Crippen LogP contribution in [0.15, 0.2) is 29.6 Å². The Labute approximate surface area is 202 Å². The summed E-state index contributed by atoms with van der Waals surface area (Å²) in [5, 5.41) is 17.6. The summed E-state index contributed by atoms with van der Waals surface area (Å²) >= 11 is 1.41. The molecule has 0 radical (unpaired) electrons. The van der Waals surface area contributed by atoms with E-state index in [9.17, 15) is 14.7 Å². The fourth-order valence-corrected chi connectivity index (χ4v) is 8.11. The fourth-order valence-electron chi connectivity index (χ4n) is 7.48. The van der Waals surface area contributed by atoms with Crippen molar-refractivity contribution in [3.63, 3.8) is 0 Å². The molecule has 8 heteroatoms. The van der Waals surface area contributed by atoms with Crippen molar-refractivity contribution in [2.24, 2.45) is 11.7 Å². The Balaban J connectivity index is 1.35. The van der Waals surface area contributed by atoms with Crippen LogP contribution in [0.3, 0.4) is 0 Å². The van der Waals surface area contributed by atoms with Crippen LogP contribution < -0.4 is 15.8 Å². The van der Waals surface area contributed by atoms with Gasteiger partial charge in [0.15, 0.2) is 0 Å². The van der Waals surface area contributed by atoms with Gasteiger partial charge in [0, 0.05) is 18.2 Å². The number of thiophene rings is 1. The lowest BCUT2D eigenvalue weighted by atomic mass is 9.48. The third-order valence-electron chi connectivity index (χ3n) is 9.11. The number of hydrogen-bond donors (Lipinski definition) is 3. The summed E-state index contributed by atoms with van der Waals surface area (Å²) < 4.78 is 6.61. The van der Waals surface area contributed by atoms with Gasteiger partial charge in [0.25, 0.3) is 11.8 Å². The zero-order valence-electron chi connectivity index (χ0n) is 19.0. The zero-order chi connectivity index (χ0) is 23.2. The highest BCUT2D eigenvalue weighted by Crippen LogP contribution is 2.64. The maximum atomic E-state index is 13.0. The quantitative estimate of drug-likeness (QED) is 0.610. The molecule has 2 saturated carbocycles. The predicted octanol–water partition coefficient (Wildman–Crippen LogP) is 2.21. The predicted molar refractivity (Wildman–Crippen MR) is 127 cm³/mol. The number of nitrogens with one attached hydrogen (secondary N) is 1. The first-order valence-electron chi connectivity index (χ1n) is 12.4. The Kier molecular flexibility index (Phi) is 4.34. The first-order chi connectivity index (χ1) is 16.4. The smallest absolute Gasteiger partial charge is 0.261 e. The first-order valence-corrected chi connectivity index (χ1v) is 13.2. The number of rotatable bonds is 5. The molecule has 4 N–H and O–H groups in total. The van der Waals surface area contributed by atoms with E-state index < -0.39 is 23.0 Å². The highest BCUT2D eigenvalue weighted by molar-refractivity contribution is 7.12. The summed E-state index contributed by atoms with van der Waals surface area (Å²) in [7, 11) is 0. The minimum atomic E-state index is -0.969. The van der Waals surface area contributed by atoms with E-state index in [0.29, 0.717) is 29.0 Å². The van der Waals surface area contributed by atoms with E-state index in [-0.39, 0.29) is 18.0 Å². The number of nitrogens with two attached hydrogens (primary N) is 1. The molecule has 3 heterocycles. The van der Waals surface area contributed by atoms with Crippen molar-refractivity contribution in [1.82, 2.24) is 10.2 Å². The molecule has 2 aliphatic heterocycles. The molecule has 5 atom stereocenters. The standard InChI is InChI=1S/C26H29N3O4S/c27-23(30)16-6-5-15-12-19-26(32)8-7-17(28-24(31)18-2-1-11-34-18)22-25(26,20(15)21(16)33-22)9-10-29(19)13-14-3-4-14/h1-2,5-6,11,14,17,19,22,32H,3-4,7-10,12-13H2,(H2,27,30)(H,28,31)/t17-,19-,22+,25+,26-/m1/s1. The molecule has 1 saturated heterocycles. The molecule has 0 unspecified atom stereocenters. The molecular weight excluding hydrogens is 450 g/mol. The summed E-state index contributed by atoms with van der Waals surface area (Å²) in [6, 6.07) is 7.22. The van der Waals surface area contributed by atoms with Gasteiger partial charge in [0.1, 0.15) is 11.9 Å². The third kappa shape index (κ3) is 2.64. The third-order valence-corrected chi connectivity index (χ3v) is 9.98. The normalized spacial score (nSPS) is 35.4. The number of aliphatic hydroxyl groups is 1. The van der Waals surface area contributed by atoms with Crippen molar-refractivity contribution in [2.75, 3.05) is 13.1 Å². The van der Waals surface area contributed by atoms with E-state index in [0.717, 1.165) is 43.0 Å². The molecule has 2 bridgehead atoms. The number of benzene rings is 1. The van der Waals surface area contributed by atoms with Crippen molar-refractivity contribution >= 4 is 23.2 Å². The van der Waals surface area contributed by atoms with E-state index in [4.69, 9.17) is 10.5 Å². The van der Waals surface area contributed by atoms with Crippen molar-refractivity contribution in [2.45, 2.75) is 67.7 Å². The van der Waals surface area contributed by atoms with Gasteiger partial charge < -0.3 is 20.9 Å². The number of primary amides is 1. The van der Waals surface area contributed by atoms with Crippen molar-refractivity contribution in [3.8, 4) is 5.75 Å². The number of amides is 2. The van der Waals surface area contributed by atoms with Gasteiger partial charge in [-0.15, -0.1) is 11.3 Å². The number of carbonyl (C=O) groups is 2. The molecule has 7 rings (SSSR count). The Bertz CT molecular complexity index is 1190. The number of ether oxygens (including phenoxy) is 1. The van der Waals surface area contributed by atoms with Crippen LogP contribution in [-0.4, -0.2) is 58.7 Å². The monoisotopic (exact) mass is 479 g/mol. The van der Waals surface area contributed by atoms with Crippen LogP contribution in [0.4, 0.5) is 0 Å². The van der Waals surface area contributed by atoms with E-state index in [1.165, 1.54) is 24.2 Å². The molecule has 1 spiro atoms. The molecule has 2 aromatic rings. The van der Waals surface area contributed by atoms with Gasteiger partial charge in [0.05, 0.1) is 27.5 Å². The lowest BCUT2D eigenvalue weighted by molar-refractivity contribution is -0.191. The van der Waals surface area contributed by atoms with Crippen LogP contribution >= 0.6 is 11.3 Å². The van der Waals surface area contributed by atoms with Crippen LogP contribution in [0.5, 0.6) is 5.75 Å². The molecule has 34 heavy (non-hydrogen) atoms. The van der Waals surface area contributed by atoms with E-state index in [1.807, 2.05) is 23.6 Å². The molecule has 1 aromatic carbocycles. The Morgan fingerprint density at radius 3 is 2.82 bits per heavy atom. The first kappa shape index (κ1) is 20.9. The Morgan fingerprint density at radius 1 is 1.24 bits per heavy atom. The summed E-state index contributed by atoms with van der Waals surface area (Å²) in [6.07, 6.45) is 4.82. The van der Waals surface area contributed by atoms with Crippen LogP contribution in [0, 0.1) is 5.92 Å². The Morgan fingerprint density at radius 2 is 2.09 bits per heavy atom. The number of likely N-dealkylation sites (tertiary alicyclic amines) is 1. The SMILES string of the molecule is NC(=O)c1ccc2c3c1O[C@H]1[C@H](NC(=O)c4cccs4)CC[C@@]4(O)[C@@H](C2)N(CC2CC2)CC[C@]314. The average molecular weight is 480 g/mol. The van der Waals surface area contributed by atoms with Crippen LogP contribution in [0.1, 0.15) is 63.3 Å². The highest BCUT2D eigenvalue weighted by Gasteiger charge is 2.73. The Hall–Kier alpha value is -2.42. The van der Waals surface area contributed by atoms with E-state index >= 15 is 0 Å². The minimum absolute atomic E-state index is 0.0137. The van der Waals surface area contributed by atoms with E-state index in [2.05, 4.69) is 10.2 Å². The summed E-state index contributed by atoms with van der Waals surface area (Å²) in [6.45, 7) is 1.92. The number of piperidine rings is 1. The molecule has 2 amide bonds. The fraction of sp³-hybridized carbons (Fsp3) is 0.538. The molecule has 7 nitrogen and oxygen atoms in total. The molecular formula is C26H29N3O4S. The van der Waals surface area contributed by atoms with Crippen LogP contribution in [0.25, 0.3) is 0 Å². The lowest BCUT2D eigenvalue weighted by Gasteiger charge is -2.64. The lowest BCUT2D eigenvalue weighted by Crippen LogP contribution is -2.78. The summed E-state index contributed by atoms with van der Waals surface area (Å²) in [5.41, 5.74) is 6.59. The second-order valence-electron chi connectivity index (χ2n) is 10.8. The molecule has 1 aromatic heterocycles. The van der Waals surface area contributed by atoms with Gasteiger partial charge >= 0.3 is 0 Å². The number of hydrogen-bond acceptors (Lipinski definition) is 6. The van der Waals surface area contributed by atoms with Crippen molar-refractivity contribution < 1.29 is 19.4 Å². The van der Waals surface area contributed by atoms with Gasteiger partial charge in [0.2, 0.25) is 0 Å². The zero-order valence-corrected chi connectivity index (χ0v) is 19.8. The number of carbonyl (C=O) groups excluding carboxylic acids is 2. The minimum Gasteiger partial charge on any atom is -0.486 e. The van der Waals surface area contributed by atoms with Gasteiger partial charge in [-0.3, -0.25) is 14.5 Å². The second kappa shape index (κ2) is 7.06. The second-order valence-corrected chi connectivity index (χ2v) is 11.7.